The van der Waals surface area contributed by atoms with Gasteiger partial charge in [-0.05, 0) is 50.2 Å². The summed E-state index contributed by atoms with van der Waals surface area (Å²) < 4.78 is 0. The summed E-state index contributed by atoms with van der Waals surface area (Å²) in [6.45, 7) is 0. The zero-order chi connectivity index (χ0) is 30.7. The Balaban J connectivity index is 1.22. The van der Waals surface area contributed by atoms with Crippen LogP contribution in [0.1, 0.15) is 0 Å². The molecule has 0 bridgehead atoms. The molecule has 0 saturated heterocycles. The molecule has 0 atom stereocenters. The van der Waals surface area contributed by atoms with Crippen LogP contribution >= 0.6 is 0 Å². The van der Waals surface area contributed by atoms with E-state index in [1.807, 2.05) is 72.9 Å². The largest absolute Gasteiger partial charge is 0.264 e. The molecule has 0 radical (unpaired) electrons. The van der Waals surface area contributed by atoms with Crippen molar-refractivity contribution in [2.75, 3.05) is 0 Å². The van der Waals surface area contributed by atoms with Crippen LogP contribution in [0.25, 0.3) is 78.3 Å². The molecule has 8 rings (SSSR count). The number of pyridine rings is 1. The fourth-order valence-corrected chi connectivity index (χ4v) is 5.92. The van der Waals surface area contributed by atoms with Crippen molar-refractivity contribution in [2.45, 2.75) is 0 Å². The highest BCUT2D eigenvalue weighted by Gasteiger charge is 2.15. The fourth-order valence-electron chi connectivity index (χ4n) is 5.92. The van der Waals surface area contributed by atoms with Gasteiger partial charge in [-0.15, -0.1) is 0 Å². The van der Waals surface area contributed by atoms with E-state index >= 15 is 0 Å². The van der Waals surface area contributed by atoms with E-state index in [9.17, 15) is 0 Å². The van der Waals surface area contributed by atoms with Crippen LogP contribution in [0.15, 0.2) is 170 Å². The third kappa shape index (κ3) is 5.33. The maximum atomic E-state index is 4.92. The summed E-state index contributed by atoms with van der Waals surface area (Å²) in [6.07, 6.45) is 3.70. The van der Waals surface area contributed by atoms with E-state index in [-0.39, 0.29) is 0 Å². The van der Waals surface area contributed by atoms with Crippen LogP contribution in [-0.4, -0.2) is 19.9 Å². The summed E-state index contributed by atoms with van der Waals surface area (Å²) >= 11 is 0. The molecule has 0 aliphatic carbocycles. The first-order chi connectivity index (χ1) is 22.8. The molecule has 4 heteroatoms. The third-order valence-corrected chi connectivity index (χ3v) is 8.25. The van der Waals surface area contributed by atoms with Crippen LogP contribution in [0.2, 0.25) is 0 Å². The van der Waals surface area contributed by atoms with Crippen LogP contribution < -0.4 is 0 Å². The van der Waals surface area contributed by atoms with E-state index in [4.69, 9.17) is 15.0 Å². The molecule has 0 aliphatic heterocycles. The lowest BCUT2D eigenvalue weighted by Crippen LogP contribution is -2.00. The van der Waals surface area contributed by atoms with Crippen LogP contribution in [0.5, 0.6) is 0 Å². The van der Waals surface area contributed by atoms with Gasteiger partial charge in [0.05, 0.1) is 0 Å². The number of fused-ring (bicyclic) bond motifs is 1. The molecule has 0 N–H and O–H groups in total. The van der Waals surface area contributed by atoms with E-state index in [1.165, 1.54) is 21.9 Å². The van der Waals surface area contributed by atoms with Crippen LogP contribution in [-0.2, 0) is 0 Å². The highest BCUT2D eigenvalue weighted by Crippen LogP contribution is 2.39. The Hall–Kier alpha value is -6.26. The smallest absolute Gasteiger partial charge is 0.164 e. The fraction of sp³-hybridized carbons (Fsp3) is 0. The average molecular weight is 589 g/mol. The lowest BCUT2D eigenvalue weighted by molar-refractivity contribution is 1.07. The number of hydrogen-bond donors (Lipinski definition) is 0. The summed E-state index contributed by atoms with van der Waals surface area (Å²) in [5, 5.41) is 2.41. The van der Waals surface area contributed by atoms with Crippen molar-refractivity contribution in [3.05, 3.63) is 170 Å². The summed E-state index contributed by atoms with van der Waals surface area (Å²) in [5.74, 6) is 1.95. The standard InChI is InChI=1S/C42H28N4/c1-3-11-33(12-4-1)40-44-41(34-13-5-2-6-14-34)46-42(45-40)35-23-21-32(22-24-35)39-37-16-8-7-10-30(37)25-26-38(39)31-19-17-29(18-20-31)36-15-9-27-43-28-36/h1-28H. The number of hydrogen-bond acceptors (Lipinski definition) is 4. The quantitative estimate of drug-likeness (QED) is 0.194. The molecule has 0 spiro atoms. The van der Waals surface area contributed by atoms with Gasteiger partial charge in [-0.1, -0.05) is 152 Å². The van der Waals surface area contributed by atoms with Crippen molar-refractivity contribution in [3.8, 4) is 67.5 Å². The van der Waals surface area contributed by atoms with Gasteiger partial charge in [-0.25, -0.2) is 15.0 Å². The van der Waals surface area contributed by atoms with E-state index in [0.29, 0.717) is 17.5 Å². The van der Waals surface area contributed by atoms with Crippen molar-refractivity contribution >= 4 is 10.8 Å². The molecular weight excluding hydrogens is 560 g/mol. The molecule has 0 amide bonds. The van der Waals surface area contributed by atoms with Gasteiger partial charge in [0, 0.05) is 29.1 Å². The van der Waals surface area contributed by atoms with Crippen molar-refractivity contribution < 1.29 is 0 Å². The van der Waals surface area contributed by atoms with Crippen molar-refractivity contribution in [1.82, 2.24) is 19.9 Å². The monoisotopic (exact) mass is 588 g/mol. The van der Waals surface area contributed by atoms with Gasteiger partial charge in [0.25, 0.3) is 0 Å². The maximum absolute atomic E-state index is 4.92. The second-order valence-corrected chi connectivity index (χ2v) is 11.1. The Morgan fingerprint density at radius 2 is 0.826 bits per heavy atom. The number of aromatic nitrogens is 4. The SMILES string of the molecule is c1ccc(-c2nc(-c3ccccc3)nc(-c3ccc(-c4c(-c5ccc(-c6cccnc6)cc5)ccc5ccccc45)cc3)n2)cc1. The molecular formula is C42H28N4. The van der Waals surface area contributed by atoms with Crippen LogP contribution in [0, 0.1) is 0 Å². The summed E-state index contributed by atoms with van der Waals surface area (Å²) in [5.41, 5.74) is 9.76. The van der Waals surface area contributed by atoms with Gasteiger partial charge in [0.1, 0.15) is 0 Å². The molecule has 8 aromatic rings. The predicted molar refractivity (Wildman–Crippen MR) is 188 cm³/mol. The zero-order valence-electron chi connectivity index (χ0n) is 25.0. The Bertz CT molecular complexity index is 2210. The first-order valence-corrected chi connectivity index (χ1v) is 15.3. The average Bonchev–Trinajstić information content (AvgIpc) is 3.15. The summed E-state index contributed by atoms with van der Waals surface area (Å²) in [4.78, 5) is 19.0. The molecule has 216 valence electrons. The summed E-state index contributed by atoms with van der Waals surface area (Å²) in [7, 11) is 0. The summed E-state index contributed by atoms with van der Waals surface area (Å²) in [6, 6.07) is 54.5. The second-order valence-electron chi connectivity index (χ2n) is 11.1. The molecule has 0 aliphatic rings. The number of benzene rings is 6. The Morgan fingerprint density at radius 3 is 1.43 bits per heavy atom. The van der Waals surface area contributed by atoms with Gasteiger partial charge < -0.3 is 0 Å². The minimum Gasteiger partial charge on any atom is -0.264 e. The van der Waals surface area contributed by atoms with Gasteiger partial charge in [0.15, 0.2) is 17.5 Å². The molecule has 6 aromatic carbocycles. The zero-order valence-corrected chi connectivity index (χ0v) is 25.0. The van der Waals surface area contributed by atoms with Gasteiger partial charge >= 0.3 is 0 Å². The van der Waals surface area contributed by atoms with Crippen LogP contribution in [0.3, 0.4) is 0 Å². The molecule has 2 heterocycles. The van der Waals surface area contributed by atoms with Gasteiger partial charge in [0.2, 0.25) is 0 Å². The van der Waals surface area contributed by atoms with Crippen molar-refractivity contribution in [1.29, 1.82) is 0 Å². The molecule has 0 fully saturated rings. The lowest BCUT2D eigenvalue weighted by Gasteiger charge is -2.15. The van der Waals surface area contributed by atoms with Gasteiger partial charge in [-0.3, -0.25) is 4.98 Å². The molecule has 46 heavy (non-hydrogen) atoms. The van der Waals surface area contributed by atoms with Crippen molar-refractivity contribution in [3.63, 3.8) is 0 Å². The first kappa shape index (κ1) is 27.3. The highest BCUT2D eigenvalue weighted by molar-refractivity contribution is 6.04. The predicted octanol–water partition coefficient (Wildman–Crippen LogP) is 10.4. The van der Waals surface area contributed by atoms with E-state index in [2.05, 4.69) is 96.0 Å². The van der Waals surface area contributed by atoms with E-state index in [1.54, 1.807) is 6.20 Å². The Kier molecular flexibility index (Phi) is 7.14. The van der Waals surface area contributed by atoms with Crippen molar-refractivity contribution in [2.24, 2.45) is 0 Å². The van der Waals surface area contributed by atoms with Gasteiger partial charge in [-0.2, -0.15) is 0 Å². The minimum atomic E-state index is 0.642. The topological polar surface area (TPSA) is 51.6 Å². The first-order valence-electron chi connectivity index (χ1n) is 15.3. The molecule has 4 nitrogen and oxygen atoms in total. The van der Waals surface area contributed by atoms with E-state index < -0.39 is 0 Å². The third-order valence-electron chi connectivity index (χ3n) is 8.25. The number of nitrogens with zero attached hydrogens (tertiary/aromatic N) is 4. The Labute approximate surface area is 267 Å². The van der Waals surface area contributed by atoms with E-state index in [0.717, 1.165) is 38.9 Å². The minimum absolute atomic E-state index is 0.642. The Morgan fingerprint density at radius 1 is 0.326 bits per heavy atom. The molecule has 2 aromatic heterocycles. The molecule has 0 unspecified atom stereocenters. The second kappa shape index (κ2) is 12.0. The lowest BCUT2D eigenvalue weighted by atomic mass is 9.89. The maximum Gasteiger partial charge on any atom is 0.164 e. The normalized spacial score (nSPS) is 11.0. The van der Waals surface area contributed by atoms with Crippen LogP contribution in [0.4, 0.5) is 0 Å². The molecule has 0 saturated carbocycles. The highest BCUT2D eigenvalue weighted by atomic mass is 15.0. The number of rotatable bonds is 6.